The normalized spacial score (nSPS) is 10.4. The molecule has 2 amide bonds. The fraction of sp³-hybridized carbons (Fsp3) is 0.158. The zero-order chi connectivity index (χ0) is 20.6. The van der Waals surface area contributed by atoms with Gasteiger partial charge < -0.3 is 0 Å². The number of hydrogen-bond acceptors (Lipinski definition) is 6. The molecule has 0 spiro atoms. The van der Waals surface area contributed by atoms with Crippen molar-refractivity contribution in [1.82, 2.24) is 31.1 Å². The molecule has 2 N–H and O–H groups in total. The van der Waals surface area contributed by atoms with Gasteiger partial charge in [-0.15, -0.1) is 10.2 Å². The van der Waals surface area contributed by atoms with Gasteiger partial charge in [-0.3, -0.25) is 25.2 Å². The molecule has 148 valence electrons. The molecule has 0 saturated heterocycles. The standard InChI is InChI=1S/C19H17FN6O3/c20-15-8-6-13(7-9-15)16(27)10-11-17(28)21-22-18(29)12-26-24-19(23-25-26)14-4-2-1-3-5-14/h1-9H,10-12H2,(H,21,28)(H,22,29). The molecule has 0 aliphatic carbocycles. The van der Waals surface area contributed by atoms with Gasteiger partial charge in [0.1, 0.15) is 12.4 Å². The average molecular weight is 396 g/mol. The van der Waals surface area contributed by atoms with Gasteiger partial charge in [-0.1, -0.05) is 30.3 Å². The molecule has 0 radical (unpaired) electrons. The van der Waals surface area contributed by atoms with E-state index in [1.807, 2.05) is 30.3 Å². The molecule has 1 heterocycles. The van der Waals surface area contributed by atoms with Crippen LogP contribution in [0.4, 0.5) is 4.39 Å². The summed E-state index contributed by atoms with van der Waals surface area (Å²) in [5.41, 5.74) is 5.52. The summed E-state index contributed by atoms with van der Waals surface area (Å²) in [6.45, 7) is -0.241. The van der Waals surface area contributed by atoms with Gasteiger partial charge in [-0.25, -0.2) is 4.39 Å². The van der Waals surface area contributed by atoms with E-state index in [-0.39, 0.29) is 25.2 Å². The van der Waals surface area contributed by atoms with E-state index < -0.39 is 17.6 Å². The second kappa shape index (κ2) is 9.31. The van der Waals surface area contributed by atoms with Crippen molar-refractivity contribution in [3.05, 3.63) is 66.0 Å². The Morgan fingerprint density at radius 2 is 1.59 bits per heavy atom. The van der Waals surface area contributed by atoms with Crippen molar-refractivity contribution >= 4 is 17.6 Å². The Morgan fingerprint density at radius 1 is 0.897 bits per heavy atom. The Kier molecular flexibility index (Phi) is 6.36. The average Bonchev–Trinajstić information content (AvgIpc) is 3.20. The maximum Gasteiger partial charge on any atom is 0.262 e. The Labute approximate surface area is 164 Å². The number of tetrazole rings is 1. The van der Waals surface area contributed by atoms with Crippen LogP contribution in [0.5, 0.6) is 0 Å². The van der Waals surface area contributed by atoms with E-state index in [0.29, 0.717) is 11.4 Å². The Balaban J connectivity index is 1.41. The lowest BCUT2D eigenvalue weighted by atomic mass is 10.1. The van der Waals surface area contributed by atoms with E-state index in [1.54, 1.807) is 0 Å². The van der Waals surface area contributed by atoms with Crippen molar-refractivity contribution in [3.63, 3.8) is 0 Å². The highest BCUT2D eigenvalue weighted by Gasteiger charge is 2.12. The third-order valence-corrected chi connectivity index (χ3v) is 3.86. The molecule has 10 heteroatoms. The summed E-state index contributed by atoms with van der Waals surface area (Å²) in [6.07, 6.45) is -0.200. The summed E-state index contributed by atoms with van der Waals surface area (Å²) in [7, 11) is 0. The van der Waals surface area contributed by atoms with E-state index in [9.17, 15) is 18.8 Å². The molecule has 1 aromatic heterocycles. The molecular formula is C19H17FN6O3. The molecule has 3 rings (SSSR count). The predicted octanol–water partition coefficient (Wildman–Crippen LogP) is 1.29. The third-order valence-electron chi connectivity index (χ3n) is 3.86. The highest BCUT2D eigenvalue weighted by atomic mass is 19.1. The number of hydrazine groups is 1. The highest BCUT2D eigenvalue weighted by molar-refractivity contribution is 5.98. The number of hydrogen-bond donors (Lipinski definition) is 2. The van der Waals surface area contributed by atoms with Gasteiger partial charge in [0.2, 0.25) is 11.7 Å². The number of Topliss-reactive ketones (excluding diaryl/α,β-unsaturated/α-hetero) is 1. The number of amides is 2. The maximum absolute atomic E-state index is 12.9. The highest BCUT2D eigenvalue weighted by Crippen LogP contribution is 2.11. The van der Waals surface area contributed by atoms with Gasteiger partial charge >= 0.3 is 0 Å². The minimum absolute atomic E-state index is 0.0710. The molecule has 0 saturated carbocycles. The first kappa shape index (κ1) is 19.8. The SMILES string of the molecule is O=C(CCC(=O)c1ccc(F)cc1)NNC(=O)Cn1nnc(-c2ccccc2)n1. The van der Waals surface area contributed by atoms with Crippen molar-refractivity contribution in [2.75, 3.05) is 0 Å². The predicted molar refractivity (Wildman–Crippen MR) is 99.5 cm³/mol. The second-order valence-electron chi connectivity index (χ2n) is 6.04. The molecule has 0 aliphatic rings. The van der Waals surface area contributed by atoms with Crippen molar-refractivity contribution in [2.45, 2.75) is 19.4 Å². The quantitative estimate of drug-likeness (QED) is 0.459. The topological polar surface area (TPSA) is 119 Å². The number of aromatic nitrogens is 4. The van der Waals surface area contributed by atoms with Crippen LogP contribution in [-0.4, -0.2) is 37.8 Å². The lowest BCUT2D eigenvalue weighted by Crippen LogP contribution is -2.43. The number of rotatable bonds is 7. The molecule has 0 aliphatic heterocycles. The van der Waals surface area contributed by atoms with Gasteiger partial charge in [0.15, 0.2) is 5.78 Å². The molecule has 0 fully saturated rings. The first-order valence-corrected chi connectivity index (χ1v) is 8.71. The third kappa shape index (κ3) is 5.76. The van der Waals surface area contributed by atoms with Crippen molar-refractivity contribution in [3.8, 4) is 11.4 Å². The number of nitrogens with one attached hydrogen (secondary N) is 2. The van der Waals surface area contributed by atoms with Crippen LogP contribution in [-0.2, 0) is 16.1 Å². The smallest absolute Gasteiger partial charge is 0.262 e. The number of halogens is 1. The lowest BCUT2D eigenvalue weighted by molar-refractivity contribution is -0.129. The Hall–Kier alpha value is -3.95. The van der Waals surface area contributed by atoms with E-state index >= 15 is 0 Å². The molecule has 29 heavy (non-hydrogen) atoms. The van der Waals surface area contributed by atoms with Crippen LogP contribution >= 0.6 is 0 Å². The van der Waals surface area contributed by atoms with Gasteiger partial charge in [0, 0.05) is 24.0 Å². The second-order valence-corrected chi connectivity index (χ2v) is 6.04. The van der Waals surface area contributed by atoms with Gasteiger partial charge in [0.25, 0.3) is 5.91 Å². The fourth-order valence-electron chi connectivity index (χ4n) is 2.39. The minimum Gasteiger partial charge on any atom is -0.294 e. The number of carbonyl (C=O) groups is 3. The van der Waals surface area contributed by atoms with Crippen molar-refractivity contribution in [2.24, 2.45) is 0 Å². The number of ketones is 1. The number of carbonyl (C=O) groups excluding carboxylic acids is 3. The monoisotopic (exact) mass is 396 g/mol. The summed E-state index contributed by atoms with van der Waals surface area (Å²) >= 11 is 0. The molecule has 3 aromatic rings. The van der Waals surface area contributed by atoms with Crippen LogP contribution < -0.4 is 10.9 Å². The lowest BCUT2D eigenvalue weighted by Gasteiger charge is -2.06. The summed E-state index contributed by atoms with van der Waals surface area (Å²) in [5.74, 6) is -1.46. The molecule has 2 aromatic carbocycles. The van der Waals surface area contributed by atoms with E-state index in [2.05, 4.69) is 26.3 Å². The van der Waals surface area contributed by atoms with Crippen LogP contribution in [0.3, 0.4) is 0 Å². The molecule has 9 nitrogen and oxygen atoms in total. The van der Waals surface area contributed by atoms with Crippen LogP contribution in [0, 0.1) is 5.82 Å². The maximum atomic E-state index is 12.9. The minimum atomic E-state index is -0.555. The summed E-state index contributed by atoms with van der Waals surface area (Å²) < 4.78 is 12.9. The van der Waals surface area contributed by atoms with Crippen LogP contribution in [0.2, 0.25) is 0 Å². The van der Waals surface area contributed by atoms with Crippen LogP contribution in [0.15, 0.2) is 54.6 Å². The molecule has 0 bridgehead atoms. The summed E-state index contributed by atoms with van der Waals surface area (Å²) in [6, 6.07) is 14.2. The van der Waals surface area contributed by atoms with Crippen LogP contribution in [0.1, 0.15) is 23.2 Å². The Morgan fingerprint density at radius 3 is 2.31 bits per heavy atom. The number of benzene rings is 2. The molecule has 0 atom stereocenters. The Bertz CT molecular complexity index is 1000. The number of nitrogens with zero attached hydrogens (tertiary/aromatic N) is 4. The van der Waals surface area contributed by atoms with Crippen molar-refractivity contribution < 1.29 is 18.8 Å². The van der Waals surface area contributed by atoms with Crippen molar-refractivity contribution in [1.29, 1.82) is 0 Å². The first-order chi connectivity index (χ1) is 14.0. The molecule has 0 unspecified atom stereocenters. The van der Waals surface area contributed by atoms with Crippen LogP contribution in [0.25, 0.3) is 11.4 Å². The fourth-order valence-corrected chi connectivity index (χ4v) is 2.39. The molecular weight excluding hydrogens is 379 g/mol. The summed E-state index contributed by atoms with van der Waals surface area (Å²) in [4.78, 5) is 36.7. The largest absolute Gasteiger partial charge is 0.294 e. The zero-order valence-corrected chi connectivity index (χ0v) is 15.2. The van der Waals surface area contributed by atoms with Gasteiger partial charge in [-0.2, -0.15) is 4.80 Å². The zero-order valence-electron chi connectivity index (χ0n) is 15.2. The van der Waals surface area contributed by atoms with Gasteiger partial charge in [0.05, 0.1) is 0 Å². The van der Waals surface area contributed by atoms with E-state index in [1.165, 1.54) is 24.3 Å². The van der Waals surface area contributed by atoms with E-state index in [4.69, 9.17) is 0 Å². The van der Waals surface area contributed by atoms with E-state index in [0.717, 1.165) is 10.4 Å². The summed E-state index contributed by atoms with van der Waals surface area (Å²) in [5, 5.41) is 11.8. The van der Waals surface area contributed by atoms with Gasteiger partial charge in [-0.05, 0) is 29.5 Å². The first-order valence-electron chi connectivity index (χ1n) is 8.71.